The fourth-order valence-corrected chi connectivity index (χ4v) is 4.31. The van der Waals surface area contributed by atoms with Crippen LogP contribution in [-0.4, -0.2) is 20.7 Å². The van der Waals surface area contributed by atoms with Gasteiger partial charge < -0.3 is 5.32 Å². The zero-order valence-corrected chi connectivity index (χ0v) is 19.5. The number of nitrogens with one attached hydrogen (secondary N) is 1. The van der Waals surface area contributed by atoms with E-state index in [1.165, 1.54) is 11.1 Å². The van der Waals surface area contributed by atoms with Gasteiger partial charge in [0.1, 0.15) is 0 Å². The summed E-state index contributed by atoms with van der Waals surface area (Å²) in [6.07, 6.45) is 0. The summed E-state index contributed by atoms with van der Waals surface area (Å²) in [5.41, 5.74) is 8.25. The Morgan fingerprint density at radius 2 is 1.53 bits per heavy atom. The van der Waals surface area contributed by atoms with Crippen LogP contribution in [0.25, 0.3) is 22.0 Å². The first-order valence-electron chi connectivity index (χ1n) is 11.4. The molecule has 5 aromatic rings. The molecule has 0 bridgehead atoms. The summed E-state index contributed by atoms with van der Waals surface area (Å²) >= 11 is 0. The van der Waals surface area contributed by atoms with Gasteiger partial charge in [0.15, 0.2) is 0 Å². The molecule has 0 fully saturated rings. The second-order valence-electron chi connectivity index (χ2n) is 8.55. The van der Waals surface area contributed by atoms with Crippen LogP contribution in [0.5, 0.6) is 0 Å². The third-order valence-electron chi connectivity index (χ3n) is 6.10. The van der Waals surface area contributed by atoms with Crippen molar-refractivity contribution in [3.05, 3.63) is 113 Å². The highest BCUT2D eigenvalue weighted by molar-refractivity contribution is 6.12. The third-order valence-corrected chi connectivity index (χ3v) is 6.10. The van der Waals surface area contributed by atoms with Gasteiger partial charge in [-0.05, 0) is 49.6 Å². The first-order chi connectivity index (χ1) is 16.5. The molecule has 5 heteroatoms. The number of amides is 1. The normalized spacial score (nSPS) is 11.0. The predicted octanol–water partition coefficient (Wildman–Crippen LogP) is 6.32. The van der Waals surface area contributed by atoms with Gasteiger partial charge in [-0.3, -0.25) is 14.5 Å². The van der Waals surface area contributed by atoms with Gasteiger partial charge in [-0.25, -0.2) is 0 Å². The van der Waals surface area contributed by atoms with Crippen molar-refractivity contribution < 1.29 is 4.79 Å². The van der Waals surface area contributed by atoms with E-state index in [2.05, 4.69) is 46.7 Å². The van der Waals surface area contributed by atoms with Gasteiger partial charge in [0.2, 0.25) is 0 Å². The maximum Gasteiger partial charge on any atom is 0.256 e. The second kappa shape index (κ2) is 8.94. The standard InChI is InChI=1S/C29H26N4O/c1-19-17-26(25-11-7-8-12-27(25)30-19)29(34)31-28-20(2)32-33(21(28)3)18-22-13-15-24(16-14-22)23-9-5-4-6-10-23/h4-17H,18H2,1-3H3,(H,31,34). The molecule has 0 saturated heterocycles. The molecule has 0 spiro atoms. The van der Waals surface area contributed by atoms with Crippen LogP contribution in [0.1, 0.15) is 33.0 Å². The minimum absolute atomic E-state index is 0.153. The SMILES string of the molecule is Cc1cc(C(=O)Nc2c(C)nn(Cc3ccc(-c4ccccc4)cc3)c2C)c2ccccc2n1. The summed E-state index contributed by atoms with van der Waals surface area (Å²) in [6.45, 7) is 6.45. The number of carbonyl (C=O) groups is 1. The van der Waals surface area contributed by atoms with Gasteiger partial charge in [-0.2, -0.15) is 5.10 Å². The zero-order chi connectivity index (χ0) is 23.7. The Kier molecular flexibility index (Phi) is 5.68. The molecular formula is C29H26N4O. The van der Waals surface area contributed by atoms with E-state index in [9.17, 15) is 4.79 Å². The monoisotopic (exact) mass is 446 g/mol. The van der Waals surface area contributed by atoms with E-state index in [0.29, 0.717) is 12.1 Å². The molecule has 0 unspecified atom stereocenters. The number of pyridine rings is 1. The molecular weight excluding hydrogens is 420 g/mol. The van der Waals surface area contributed by atoms with Gasteiger partial charge in [-0.15, -0.1) is 0 Å². The number of rotatable bonds is 5. The highest BCUT2D eigenvalue weighted by atomic mass is 16.1. The Morgan fingerprint density at radius 1 is 0.853 bits per heavy atom. The summed E-state index contributed by atoms with van der Waals surface area (Å²) in [4.78, 5) is 17.8. The minimum Gasteiger partial charge on any atom is -0.319 e. The fraction of sp³-hybridized carbons (Fsp3) is 0.138. The molecule has 0 aliphatic rings. The number of aromatic nitrogens is 3. The Labute approximate surface area is 199 Å². The molecule has 2 heterocycles. The van der Waals surface area contributed by atoms with E-state index in [0.717, 1.165) is 39.2 Å². The molecule has 0 saturated carbocycles. The first-order valence-corrected chi connectivity index (χ1v) is 11.4. The van der Waals surface area contributed by atoms with Crippen molar-refractivity contribution in [1.82, 2.24) is 14.8 Å². The van der Waals surface area contributed by atoms with E-state index in [4.69, 9.17) is 5.10 Å². The molecule has 0 radical (unpaired) electrons. The Bertz CT molecular complexity index is 1480. The lowest BCUT2D eigenvalue weighted by molar-refractivity contribution is 0.102. The maximum absolute atomic E-state index is 13.2. The van der Waals surface area contributed by atoms with Crippen LogP contribution in [0.3, 0.4) is 0 Å². The van der Waals surface area contributed by atoms with Crippen molar-refractivity contribution in [2.24, 2.45) is 0 Å². The largest absolute Gasteiger partial charge is 0.319 e. The number of fused-ring (bicyclic) bond motifs is 1. The Balaban J connectivity index is 1.38. The van der Waals surface area contributed by atoms with E-state index in [1.807, 2.05) is 74.0 Å². The lowest BCUT2D eigenvalue weighted by atomic mass is 10.0. The molecule has 2 aromatic heterocycles. The van der Waals surface area contributed by atoms with Gasteiger partial charge in [0.05, 0.1) is 34.7 Å². The summed E-state index contributed by atoms with van der Waals surface area (Å²) < 4.78 is 1.94. The van der Waals surface area contributed by atoms with Gasteiger partial charge in [0.25, 0.3) is 5.91 Å². The number of anilines is 1. The van der Waals surface area contributed by atoms with Crippen LogP contribution < -0.4 is 5.32 Å². The number of carbonyl (C=O) groups excluding carboxylic acids is 1. The molecule has 168 valence electrons. The predicted molar refractivity (Wildman–Crippen MR) is 137 cm³/mol. The van der Waals surface area contributed by atoms with E-state index in [-0.39, 0.29) is 5.91 Å². The number of para-hydroxylation sites is 1. The van der Waals surface area contributed by atoms with E-state index in [1.54, 1.807) is 0 Å². The lowest BCUT2D eigenvalue weighted by Crippen LogP contribution is -2.14. The van der Waals surface area contributed by atoms with Crippen LogP contribution in [0.15, 0.2) is 84.9 Å². The van der Waals surface area contributed by atoms with Crippen molar-refractivity contribution in [1.29, 1.82) is 0 Å². The third kappa shape index (κ3) is 4.20. The number of nitrogens with zero attached hydrogens (tertiary/aromatic N) is 3. The van der Waals surface area contributed by atoms with Crippen LogP contribution in [-0.2, 0) is 6.54 Å². The smallest absolute Gasteiger partial charge is 0.256 e. The van der Waals surface area contributed by atoms with Crippen molar-refractivity contribution in [3.63, 3.8) is 0 Å². The molecule has 1 amide bonds. The van der Waals surface area contributed by atoms with Gasteiger partial charge >= 0.3 is 0 Å². The quantitative estimate of drug-likeness (QED) is 0.343. The molecule has 5 nitrogen and oxygen atoms in total. The highest BCUT2D eigenvalue weighted by Gasteiger charge is 2.18. The number of benzene rings is 3. The molecule has 0 aliphatic heterocycles. The lowest BCUT2D eigenvalue weighted by Gasteiger charge is -2.10. The average Bonchev–Trinajstić information content (AvgIpc) is 3.11. The number of hydrogen-bond donors (Lipinski definition) is 1. The van der Waals surface area contributed by atoms with Crippen molar-refractivity contribution in [3.8, 4) is 11.1 Å². The Morgan fingerprint density at radius 3 is 2.29 bits per heavy atom. The average molecular weight is 447 g/mol. The molecule has 0 aliphatic carbocycles. The second-order valence-corrected chi connectivity index (χ2v) is 8.55. The highest BCUT2D eigenvalue weighted by Crippen LogP contribution is 2.25. The first kappa shape index (κ1) is 21.6. The topological polar surface area (TPSA) is 59.8 Å². The van der Waals surface area contributed by atoms with Crippen molar-refractivity contribution in [2.75, 3.05) is 5.32 Å². The van der Waals surface area contributed by atoms with Gasteiger partial charge in [0, 0.05) is 11.1 Å². The van der Waals surface area contributed by atoms with Crippen LogP contribution in [0.4, 0.5) is 5.69 Å². The summed E-state index contributed by atoms with van der Waals surface area (Å²) in [6, 6.07) is 28.4. The molecule has 1 N–H and O–H groups in total. The molecule has 5 rings (SSSR count). The number of hydrogen-bond acceptors (Lipinski definition) is 3. The van der Waals surface area contributed by atoms with Crippen molar-refractivity contribution in [2.45, 2.75) is 27.3 Å². The maximum atomic E-state index is 13.2. The summed E-state index contributed by atoms with van der Waals surface area (Å²) in [7, 11) is 0. The zero-order valence-electron chi connectivity index (χ0n) is 19.5. The Hall–Kier alpha value is -4.25. The molecule has 3 aromatic carbocycles. The van der Waals surface area contributed by atoms with Crippen molar-refractivity contribution >= 4 is 22.5 Å². The molecule has 0 atom stereocenters. The van der Waals surface area contributed by atoms with E-state index >= 15 is 0 Å². The minimum atomic E-state index is -0.153. The summed E-state index contributed by atoms with van der Waals surface area (Å²) in [5.74, 6) is -0.153. The van der Waals surface area contributed by atoms with E-state index < -0.39 is 0 Å². The molecule has 34 heavy (non-hydrogen) atoms. The van der Waals surface area contributed by atoms with Crippen LogP contribution in [0, 0.1) is 20.8 Å². The van der Waals surface area contributed by atoms with Crippen LogP contribution in [0.2, 0.25) is 0 Å². The van der Waals surface area contributed by atoms with Gasteiger partial charge in [-0.1, -0.05) is 72.8 Å². The number of aryl methyl sites for hydroxylation is 2. The fourth-order valence-electron chi connectivity index (χ4n) is 4.31. The van der Waals surface area contributed by atoms with Crippen LogP contribution >= 0.6 is 0 Å². The summed E-state index contributed by atoms with van der Waals surface area (Å²) in [5, 5.41) is 8.64.